The van der Waals surface area contributed by atoms with Gasteiger partial charge in [0.1, 0.15) is 6.54 Å². The summed E-state index contributed by atoms with van der Waals surface area (Å²) in [4.78, 5) is 56.8. The van der Waals surface area contributed by atoms with Crippen molar-refractivity contribution in [2.24, 2.45) is 14.1 Å². The molecule has 0 unspecified atom stereocenters. The zero-order valence-electron chi connectivity index (χ0n) is 15.8. The molecule has 1 amide bonds. The summed E-state index contributed by atoms with van der Waals surface area (Å²) in [6, 6.07) is 0. The van der Waals surface area contributed by atoms with Gasteiger partial charge in [-0.3, -0.25) is 28.1 Å². The second-order valence-electron chi connectivity index (χ2n) is 6.02. The van der Waals surface area contributed by atoms with Gasteiger partial charge in [0, 0.05) is 19.5 Å². The molecule has 0 aromatic carbocycles. The normalized spacial score (nSPS) is 11.0. The number of aromatic nitrogens is 5. The summed E-state index contributed by atoms with van der Waals surface area (Å²) in [5.74, 6) is -0.831. The van der Waals surface area contributed by atoms with Crippen LogP contribution in [0.3, 0.4) is 0 Å². The maximum atomic E-state index is 12.5. The Labute approximate surface area is 176 Å². The number of anilines is 1. The van der Waals surface area contributed by atoms with E-state index in [2.05, 4.69) is 31.2 Å². The Kier molecular flexibility index (Phi) is 5.98. The van der Waals surface area contributed by atoms with Crippen molar-refractivity contribution in [1.29, 1.82) is 0 Å². The molecule has 11 nitrogen and oxygen atoms in total. The molecular formula is C16H17BrN6O5S. The van der Waals surface area contributed by atoms with Crippen LogP contribution in [0.25, 0.3) is 11.2 Å². The van der Waals surface area contributed by atoms with Gasteiger partial charge >= 0.3 is 11.7 Å². The SMILES string of the molecule is CCOC(=O)Cc1csc(NC(=O)Cn2c(Br)nc3c(=O)n(C)c(=O)n(C)c32)n1. The van der Waals surface area contributed by atoms with Gasteiger partial charge in [0.25, 0.3) is 5.56 Å². The lowest BCUT2D eigenvalue weighted by molar-refractivity contribution is -0.142. The highest BCUT2D eigenvalue weighted by atomic mass is 79.9. The van der Waals surface area contributed by atoms with Crippen molar-refractivity contribution in [3.8, 4) is 0 Å². The number of imidazole rings is 1. The number of esters is 1. The average Bonchev–Trinajstić information content (AvgIpc) is 3.23. The second-order valence-corrected chi connectivity index (χ2v) is 7.59. The van der Waals surface area contributed by atoms with Crippen LogP contribution in [0, 0.1) is 0 Å². The molecule has 13 heteroatoms. The highest BCUT2D eigenvalue weighted by molar-refractivity contribution is 9.10. The molecule has 3 aromatic heterocycles. The number of ether oxygens (including phenoxy) is 1. The number of aryl methyl sites for hydroxylation is 1. The van der Waals surface area contributed by atoms with E-state index in [4.69, 9.17) is 4.74 Å². The second kappa shape index (κ2) is 8.29. The fraction of sp³-hybridized carbons (Fsp3) is 0.375. The number of carbonyl (C=O) groups is 2. The number of thiazole rings is 1. The van der Waals surface area contributed by atoms with Gasteiger partial charge in [-0.05, 0) is 22.9 Å². The van der Waals surface area contributed by atoms with E-state index in [0.717, 1.165) is 4.57 Å². The van der Waals surface area contributed by atoms with Crippen LogP contribution >= 0.6 is 27.3 Å². The van der Waals surface area contributed by atoms with E-state index in [0.29, 0.717) is 10.8 Å². The van der Waals surface area contributed by atoms with Crippen molar-refractivity contribution >= 4 is 55.4 Å². The van der Waals surface area contributed by atoms with Crippen LogP contribution in [0.1, 0.15) is 12.6 Å². The van der Waals surface area contributed by atoms with E-state index in [1.54, 1.807) is 12.3 Å². The van der Waals surface area contributed by atoms with Gasteiger partial charge in [-0.1, -0.05) is 0 Å². The molecule has 1 N–H and O–H groups in total. The molecule has 154 valence electrons. The van der Waals surface area contributed by atoms with Gasteiger partial charge in [-0.2, -0.15) is 0 Å². The number of amides is 1. The molecule has 3 aromatic rings. The minimum absolute atomic E-state index is 0.0172. The van der Waals surface area contributed by atoms with E-state index in [-0.39, 0.29) is 35.5 Å². The number of carbonyl (C=O) groups excluding carboxylic acids is 2. The summed E-state index contributed by atoms with van der Waals surface area (Å²) in [5.41, 5.74) is -0.294. The number of halogens is 1. The quantitative estimate of drug-likeness (QED) is 0.395. The smallest absolute Gasteiger partial charge is 0.332 e. The minimum Gasteiger partial charge on any atom is -0.466 e. The maximum Gasteiger partial charge on any atom is 0.332 e. The van der Waals surface area contributed by atoms with Gasteiger partial charge < -0.3 is 10.1 Å². The Morgan fingerprint density at radius 2 is 1.97 bits per heavy atom. The van der Waals surface area contributed by atoms with E-state index in [1.165, 1.54) is 34.6 Å². The van der Waals surface area contributed by atoms with Crippen molar-refractivity contribution in [3.63, 3.8) is 0 Å². The molecule has 0 radical (unpaired) electrons. The zero-order chi connectivity index (χ0) is 21.3. The summed E-state index contributed by atoms with van der Waals surface area (Å²) in [6.45, 7) is 1.80. The molecule has 0 spiro atoms. The first kappa shape index (κ1) is 20.9. The van der Waals surface area contributed by atoms with E-state index in [9.17, 15) is 19.2 Å². The number of nitrogens with one attached hydrogen (secondary N) is 1. The molecule has 0 aliphatic rings. The van der Waals surface area contributed by atoms with Crippen molar-refractivity contribution < 1.29 is 14.3 Å². The lowest BCUT2D eigenvalue weighted by Crippen LogP contribution is -2.37. The summed E-state index contributed by atoms with van der Waals surface area (Å²) in [6.07, 6.45) is 0.0172. The van der Waals surface area contributed by atoms with Crippen LogP contribution < -0.4 is 16.6 Å². The zero-order valence-corrected chi connectivity index (χ0v) is 18.2. The number of rotatable bonds is 6. The van der Waals surface area contributed by atoms with E-state index in [1.807, 2.05) is 0 Å². The van der Waals surface area contributed by atoms with Gasteiger partial charge in [-0.25, -0.2) is 14.8 Å². The first-order valence-corrected chi connectivity index (χ1v) is 10.1. The third-order valence-electron chi connectivity index (χ3n) is 4.02. The number of fused-ring (bicyclic) bond motifs is 1. The van der Waals surface area contributed by atoms with E-state index < -0.39 is 23.1 Å². The Morgan fingerprint density at radius 3 is 2.66 bits per heavy atom. The minimum atomic E-state index is -0.550. The molecule has 0 aliphatic carbocycles. The van der Waals surface area contributed by atoms with Crippen LogP contribution in [0.15, 0.2) is 19.7 Å². The number of hydrogen-bond acceptors (Lipinski definition) is 8. The van der Waals surface area contributed by atoms with Crippen molar-refractivity contribution in [2.75, 3.05) is 11.9 Å². The summed E-state index contributed by atoms with van der Waals surface area (Å²) >= 11 is 4.40. The molecule has 3 rings (SSSR count). The van der Waals surface area contributed by atoms with Crippen LogP contribution in [0.4, 0.5) is 5.13 Å². The summed E-state index contributed by atoms with van der Waals surface area (Å²) in [5, 5.41) is 4.61. The van der Waals surface area contributed by atoms with Gasteiger partial charge in [-0.15, -0.1) is 11.3 Å². The Balaban J connectivity index is 1.82. The standard InChI is InChI=1S/C16H17BrN6O5S/c1-4-28-10(25)5-8-7-29-15(18-8)19-9(24)6-23-12-11(20-14(23)17)13(26)22(3)16(27)21(12)2/h7H,4-6H2,1-3H3,(H,18,19,24). The van der Waals surface area contributed by atoms with Gasteiger partial charge in [0.15, 0.2) is 21.0 Å². The van der Waals surface area contributed by atoms with Crippen LogP contribution in [0.2, 0.25) is 0 Å². The molecule has 29 heavy (non-hydrogen) atoms. The Morgan fingerprint density at radius 1 is 1.24 bits per heavy atom. The fourth-order valence-electron chi connectivity index (χ4n) is 2.71. The summed E-state index contributed by atoms with van der Waals surface area (Å²) in [7, 11) is 2.86. The first-order chi connectivity index (χ1) is 13.7. The monoisotopic (exact) mass is 484 g/mol. The van der Waals surface area contributed by atoms with Crippen molar-refractivity contribution in [3.05, 3.63) is 36.6 Å². The number of hydrogen-bond donors (Lipinski definition) is 1. The lowest BCUT2D eigenvalue weighted by Gasteiger charge is -2.09. The van der Waals surface area contributed by atoms with Crippen molar-refractivity contribution in [2.45, 2.75) is 19.9 Å². The van der Waals surface area contributed by atoms with E-state index >= 15 is 0 Å². The number of nitrogens with zero attached hydrogens (tertiary/aromatic N) is 5. The molecule has 0 saturated carbocycles. The molecule has 0 saturated heterocycles. The Bertz CT molecular complexity index is 1220. The lowest BCUT2D eigenvalue weighted by atomic mass is 10.3. The largest absolute Gasteiger partial charge is 0.466 e. The molecule has 0 fully saturated rings. The average molecular weight is 485 g/mol. The molecule has 0 atom stereocenters. The Hall–Kier alpha value is -2.80. The fourth-order valence-corrected chi connectivity index (χ4v) is 3.91. The predicted molar refractivity (Wildman–Crippen MR) is 109 cm³/mol. The third-order valence-corrected chi connectivity index (χ3v) is 5.44. The molecule has 0 aliphatic heterocycles. The van der Waals surface area contributed by atoms with Gasteiger partial charge in [0.05, 0.1) is 18.7 Å². The first-order valence-electron chi connectivity index (χ1n) is 8.44. The summed E-state index contributed by atoms with van der Waals surface area (Å²) < 4.78 is 8.73. The van der Waals surface area contributed by atoms with Crippen molar-refractivity contribution in [1.82, 2.24) is 23.7 Å². The predicted octanol–water partition coefficient (Wildman–Crippen LogP) is 0.397. The highest BCUT2D eigenvalue weighted by Gasteiger charge is 2.20. The van der Waals surface area contributed by atoms with Gasteiger partial charge in [0.2, 0.25) is 5.91 Å². The highest BCUT2D eigenvalue weighted by Crippen LogP contribution is 2.19. The molecule has 0 bridgehead atoms. The molecule has 3 heterocycles. The molecular weight excluding hydrogens is 468 g/mol. The van der Waals surface area contributed by atoms with Crippen LogP contribution in [-0.4, -0.2) is 42.2 Å². The topological polar surface area (TPSA) is 130 Å². The maximum absolute atomic E-state index is 12.5. The van der Waals surface area contributed by atoms with Crippen LogP contribution in [0.5, 0.6) is 0 Å². The third kappa shape index (κ3) is 4.15. The van der Waals surface area contributed by atoms with Crippen LogP contribution in [-0.2, 0) is 41.4 Å².